The van der Waals surface area contributed by atoms with Crippen LogP contribution in [0, 0.1) is 23.0 Å². The van der Waals surface area contributed by atoms with E-state index in [0.29, 0.717) is 0 Å². The first-order chi connectivity index (χ1) is 9.95. The van der Waals surface area contributed by atoms with Crippen molar-refractivity contribution >= 4 is 11.6 Å². The maximum absolute atomic E-state index is 12.4. The van der Waals surface area contributed by atoms with Crippen LogP contribution in [0.3, 0.4) is 0 Å². The van der Waals surface area contributed by atoms with E-state index in [-0.39, 0.29) is 35.6 Å². The van der Waals surface area contributed by atoms with E-state index >= 15 is 0 Å². The molecule has 1 aliphatic carbocycles. The second kappa shape index (κ2) is 6.21. The molecule has 21 heavy (non-hydrogen) atoms. The van der Waals surface area contributed by atoms with Crippen molar-refractivity contribution < 1.29 is 14.8 Å². The molecule has 2 N–H and O–H groups in total. The molecule has 116 valence electrons. The standard InChI is InChI=1S/C13H20N4O4/c1-8-11(17(20)21)12(16(2)15-8)13(19)14-10-6-4-3-5-9(10)7-18/h9-10,18H,3-7H2,1-2H3,(H,14,19). The molecule has 2 rings (SSSR count). The van der Waals surface area contributed by atoms with Crippen molar-refractivity contribution in [1.82, 2.24) is 15.1 Å². The Morgan fingerprint density at radius 1 is 1.52 bits per heavy atom. The number of hydrogen-bond donors (Lipinski definition) is 2. The fourth-order valence-electron chi connectivity index (χ4n) is 2.97. The average molecular weight is 296 g/mol. The highest BCUT2D eigenvalue weighted by Crippen LogP contribution is 2.26. The van der Waals surface area contributed by atoms with Gasteiger partial charge < -0.3 is 10.4 Å². The van der Waals surface area contributed by atoms with Gasteiger partial charge in [0.15, 0.2) is 0 Å². The summed E-state index contributed by atoms with van der Waals surface area (Å²) in [5, 5.41) is 27.2. The number of nitrogens with zero attached hydrogens (tertiary/aromatic N) is 3. The summed E-state index contributed by atoms with van der Waals surface area (Å²) >= 11 is 0. The molecule has 0 spiro atoms. The number of carbonyl (C=O) groups excluding carboxylic acids is 1. The fourth-order valence-corrected chi connectivity index (χ4v) is 2.97. The Hall–Kier alpha value is -1.96. The van der Waals surface area contributed by atoms with Crippen LogP contribution in [0.1, 0.15) is 41.9 Å². The van der Waals surface area contributed by atoms with Crippen molar-refractivity contribution in [3.8, 4) is 0 Å². The number of aryl methyl sites for hydroxylation is 2. The van der Waals surface area contributed by atoms with Crippen molar-refractivity contribution in [2.75, 3.05) is 6.61 Å². The van der Waals surface area contributed by atoms with Gasteiger partial charge in [0.2, 0.25) is 5.69 Å². The van der Waals surface area contributed by atoms with E-state index in [1.54, 1.807) is 0 Å². The van der Waals surface area contributed by atoms with Gasteiger partial charge in [0.1, 0.15) is 5.69 Å². The van der Waals surface area contributed by atoms with Gasteiger partial charge in [0.05, 0.1) is 4.92 Å². The summed E-state index contributed by atoms with van der Waals surface area (Å²) in [7, 11) is 1.51. The van der Waals surface area contributed by atoms with Gasteiger partial charge in [-0.3, -0.25) is 19.6 Å². The van der Waals surface area contributed by atoms with E-state index in [9.17, 15) is 20.0 Å². The Labute approximate surface area is 122 Å². The molecule has 1 heterocycles. The summed E-state index contributed by atoms with van der Waals surface area (Å²) in [6, 6.07) is -0.147. The van der Waals surface area contributed by atoms with Gasteiger partial charge in [0.25, 0.3) is 5.91 Å². The molecule has 0 radical (unpaired) electrons. The molecule has 1 aromatic rings. The van der Waals surface area contributed by atoms with Crippen LogP contribution in [0.25, 0.3) is 0 Å². The third kappa shape index (κ3) is 3.05. The lowest BCUT2D eigenvalue weighted by atomic mass is 9.85. The summed E-state index contributed by atoms with van der Waals surface area (Å²) in [6.45, 7) is 1.52. The van der Waals surface area contributed by atoms with Crippen LogP contribution in [0.4, 0.5) is 5.69 Å². The fraction of sp³-hybridized carbons (Fsp3) is 0.692. The molecular weight excluding hydrogens is 276 g/mol. The molecule has 1 aromatic heterocycles. The van der Waals surface area contributed by atoms with Crippen LogP contribution in [0.5, 0.6) is 0 Å². The highest BCUT2D eigenvalue weighted by atomic mass is 16.6. The Kier molecular flexibility index (Phi) is 4.56. The van der Waals surface area contributed by atoms with E-state index in [2.05, 4.69) is 10.4 Å². The molecule has 2 unspecified atom stereocenters. The van der Waals surface area contributed by atoms with Crippen LogP contribution in [0.15, 0.2) is 0 Å². The zero-order valence-electron chi connectivity index (χ0n) is 12.2. The van der Waals surface area contributed by atoms with Crippen molar-refractivity contribution in [3.63, 3.8) is 0 Å². The number of nitro groups is 1. The van der Waals surface area contributed by atoms with Gasteiger partial charge in [-0.15, -0.1) is 0 Å². The lowest BCUT2D eigenvalue weighted by Crippen LogP contribution is -2.44. The number of amides is 1. The molecule has 2 atom stereocenters. The van der Waals surface area contributed by atoms with Crippen LogP contribution >= 0.6 is 0 Å². The Morgan fingerprint density at radius 2 is 2.19 bits per heavy atom. The van der Waals surface area contributed by atoms with Crippen LogP contribution in [-0.2, 0) is 7.05 Å². The molecule has 1 amide bonds. The molecular formula is C13H20N4O4. The van der Waals surface area contributed by atoms with Gasteiger partial charge in [-0.25, -0.2) is 0 Å². The molecule has 0 saturated heterocycles. The third-order valence-corrected chi connectivity index (χ3v) is 4.05. The zero-order valence-corrected chi connectivity index (χ0v) is 12.2. The summed E-state index contributed by atoms with van der Waals surface area (Å²) in [4.78, 5) is 22.9. The van der Waals surface area contributed by atoms with Gasteiger partial charge in [0, 0.05) is 25.6 Å². The number of carbonyl (C=O) groups is 1. The predicted octanol–water partition coefficient (Wildman–Crippen LogP) is 0.918. The maximum atomic E-state index is 12.4. The van der Waals surface area contributed by atoms with Crippen molar-refractivity contribution in [1.29, 1.82) is 0 Å². The highest BCUT2D eigenvalue weighted by Gasteiger charge is 2.32. The molecule has 0 aromatic carbocycles. The Bertz CT molecular complexity index is 555. The molecule has 8 heteroatoms. The maximum Gasteiger partial charge on any atom is 0.322 e. The summed E-state index contributed by atoms with van der Waals surface area (Å²) in [5.41, 5.74) is -0.0823. The molecule has 8 nitrogen and oxygen atoms in total. The number of rotatable bonds is 4. The molecule has 1 fully saturated rings. The monoisotopic (exact) mass is 296 g/mol. The lowest BCUT2D eigenvalue weighted by molar-refractivity contribution is -0.385. The summed E-state index contributed by atoms with van der Waals surface area (Å²) in [6.07, 6.45) is 3.64. The lowest BCUT2D eigenvalue weighted by Gasteiger charge is -2.30. The summed E-state index contributed by atoms with van der Waals surface area (Å²) < 4.78 is 1.24. The van der Waals surface area contributed by atoms with Gasteiger partial charge in [-0.05, 0) is 19.8 Å². The highest BCUT2D eigenvalue weighted by molar-refractivity contribution is 5.97. The Balaban J connectivity index is 2.22. The summed E-state index contributed by atoms with van der Waals surface area (Å²) in [5.74, 6) is -0.494. The second-order valence-electron chi connectivity index (χ2n) is 5.47. The van der Waals surface area contributed by atoms with Gasteiger partial charge in [-0.2, -0.15) is 5.10 Å². The molecule has 0 bridgehead atoms. The minimum atomic E-state index is -0.582. The first kappa shape index (κ1) is 15.4. The number of aliphatic hydroxyl groups is 1. The third-order valence-electron chi connectivity index (χ3n) is 4.05. The van der Waals surface area contributed by atoms with E-state index < -0.39 is 10.8 Å². The molecule has 0 aliphatic heterocycles. The zero-order chi connectivity index (χ0) is 15.6. The quantitative estimate of drug-likeness (QED) is 0.634. The predicted molar refractivity (Wildman–Crippen MR) is 74.9 cm³/mol. The van der Waals surface area contributed by atoms with Gasteiger partial charge >= 0.3 is 5.69 Å². The van der Waals surface area contributed by atoms with Crippen LogP contribution in [0.2, 0.25) is 0 Å². The van der Waals surface area contributed by atoms with Crippen molar-refractivity contribution in [2.24, 2.45) is 13.0 Å². The number of aromatic nitrogens is 2. The number of nitrogens with one attached hydrogen (secondary N) is 1. The first-order valence-corrected chi connectivity index (χ1v) is 7.05. The van der Waals surface area contributed by atoms with E-state index in [4.69, 9.17) is 0 Å². The van der Waals surface area contributed by atoms with Crippen molar-refractivity contribution in [3.05, 3.63) is 21.5 Å². The second-order valence-corrected chi connectivity index (χ2v) is 5.47. The Morgan fingerprint density at radius 3 is 2.81 bits per heavy atom. The van der Waals surface area contributed by atoms with Gasteiger partial charge in [-0.1, -0.05) is 12.8 Å². The van der Waals surface area contributed by atoms with Crippen LogP contribution < -0.4 is 5.32 Å². The largest absolute Gasteiger partial charge is 0.396 e. The van der Waals surface area contributed by atoms with Crippen LogP contribution in [-0.4, -0.2) is 38.4 Å². The van der Waals surface area contributed by atoms with E-state index in [1.165, 1.54) is 18.7 Å². The SMILES string of the molecule is Cc1nn(C)c(C(=O)NC2CCCCC2CO)c1[N+](=O)[O-]. The topological polar surface area (TPSA) is 110 Å². The number of aliphatic hydroxyl groups excluding tert-OH is 1. The van der Waals surface area contributed by atoms with E-state index in [1.807, 2.05) is 0 Å². The van der Waals surface area contributed by atoms with E-state index in [0.717, 1.165) is 25.7 Å². The molecule has 1 aliphatic rings. The minimum Gasteiger partial charge on any atom is -0.396 e. The minimum absolute atomic E-state index is 0.0103. The number of hydrogen-bond acceptors (Lipinski definition) is 5. The smallest absolute Gasteiger partial charge is 0.322 e. The molecule has 1 saturated carbocycles. The first-order valence-electron chi connectivity index (χ1n) is 7.05. The van der Waals surface area contributed by atoms with Crippen molar-refractivity contribution in [2.45, 2.75) is 38.6 Å². The normalized spacial score (nSPS) is 22.0. The average Bonchev–Trinajstić information content (AvgIpc) is 2.74.